The van der Waals surface area contributed by atoms with Gasteiger partial charge in [0.05, 0.1) is 11.7 Å². The van der Waals surface area contributed by atoms with Crippen molar-refractivity contribution in [1.29, 1.82) is 0 Å². The summed E-state index contributed by atoms with van der Waals surface area (Å²) in [6, 6.07) is 15.0. The number of thiophene rings is 1. The number of nitrogens with zero attached hydrogens (tertiary/aromatic N) is 2. The fraction of sp³-hybridized carbons (Fsp3) is 0.269. The maximum atomic E-state index is 13.7. The van der Waals surface area contributed by atoms with Gasteiger partial charge in [-0.2, -0.15) is 0 Å². The highest BCUT2D eigenvalue weighted by molar-refractivity contribution is 9.10. The first-order valence-electron chi connectivity index (χ1n) is 11.0. The van der Waals surface area contributed by atoms with Crippen molar-refractivity contribution in [3.05, 3.63) is 80.1 Å². The summed E-state index contributed by atoms with van der Waals surface area (Å²) in [5, 5.41) is 3.61. The monoisotopic (exact) mass is 523 g/mol. The smallest absolute Gasteiger partial charge is 0.263 e. The topological polar surface area (TPSA) is 64.0 Å². The molecule has 0 radical (unpaired) electrons. The van der Waals surface area contributed by atoms with Crippen LogP contribution in [0.15, 0.2) is 64.1 Å². The van der Waals surface area contributed by atoms with Crippen LogP contribution < -0.4 is 10.9 Å². The molecule has 5 nitrogen and oxygen atoms in total. The van der Waals surface area contributed by atoms with Gasteiger partial charge in [0.2, 0.25) is 5.91 Å². The van der Waals surface area contributed by atoms with Gasteiger partial charge in [-0.1, -0.05) is 67.0 Å². The normalized spacial score (nSPS) is 12.3. The van der Waals surface area contributed by atoms with Crippen molar-refractivity contribution >= 4 is 49.1 Å². The van der Waals surface area contributed by atoms with E-state index in [1.807, 2.05) is 62.4 Å². The van der Waals surface area contributed by atoms with Gasteiger partial charge in [-0.25, -0.2) is 4.98 Å². The molecule has 1 N–H and O–H groups in total. The molecule has 0 spiro atoms. The Kier molecular flexibility index (Phi) is 6.81. The van der Waals surface area contributed by atoms with E-state index < -0.39 is 6.04 Å². The van der Waals surface area contributed by atoms with Crippen molar-refractivity contribution < 1.29 is 4.79 Å². The highest BCUT2D eigenvalue weighted by Crippen LogP contribution is 2.36. The van der Waals surface area contributed by atoms with E-state index in [0.717, 1.165) is 31.7 Å². The number of hydrogen-bond donors (Lipinski definition) is 1. The number of nitrogens with one attached hydrogen (secondary N) is 1. The number of halogens is 1. The lowest BCUT2D eigenvalue weighted by Crippen LogP contribution is -2.33. The van der Waals surface area contributed by atoms with Gasteiger partial charge in [0.25, 0.3) is 5.56 Å². The first kappa shape index (κ1) is 23.4. The van der Waals surface area contributed by atoms with E-state index in [0.29, 0.717) is 16.6 Å². The molecule has 4 aromatic rings. The Balaban J connectivity index is 1.78. The third-order valence-electron chi connectivity index (χ3n) is 5.81. The van der Waals surface area contributed by atoms with E-state index in [4.69, 9.17) is 0 Å². The van der Waals surface area contributed by atoms with Gasteiger partial charge < -0.3 is 5.32 Å². The number of hydrogen-bond acceptors (Lipinski definition) is 4. The Morgan fingerprint density at radius 2 is 1.85 bits per heavy atom. The molecule has 0 bridgehead atoms. The van der Waals surface area contributed by atoms with Crippen molar-refractivity contribution in [1.82, 2.24) is 9.55 Å². The molecule has 33 heavy (non-hydrogen) atoms. The number of anilines is 1. The second kappa shape index (κ2) is 9.61. The van der Waals surface area contributed by atoms with Crippen LogP contribution in [0.2, 0.25) is 0 Å². The molecule has 170 valence electrons. The predicted molar refractivity (Wildman–Crippen MR) is 140 cm³/mol. The molecule has 4 rings (SSSR count). The Morgan fingerprint density at radius 1 is 1.15 bits per heavy atom. The number of fused-ring (bicyclic) bond motifs is 1. The molecular formula is C26H26BrN3O2S. The Labute approximate surface area is 205 Å². The van der Waals surface area contributed by atoms with Crippen LogP contribution in [0, 0.1) is 6.92 Å². The summed E-state index contributed by atoms with van der Waals surface area (Å²) in [5.41, 5.74) is 3.49. The number of carbonyl (C=O) groups is 1. The molecule has 1 amide bonds. The summed E-state index contributed by atoms with van der Waals surface area (Å²) in [6.07, 6.45) is 1.98. The summed E-state index contributed by atoms with van der Waals surface area (Å²) < 4.78 is 2.45. The Hall–Kier alpha value is -2.77. The zero-order chi connectivity index (χ0) is 23.7. The second-order valence-corrected chi connectivity index (χ2v) is 10.5. The molecule has 1 atom stereocenters. The van der Waals surface area contributed by atoms with E-state index in [2.05, 4.69) is 40.1 Å². The number of aryl methyl sites for hydroxylation is 1. The van der Waals surface area contributed by atoms with Gasteiger partial charge in [0.1, 0.15) is 10.9 Å². The van der Waals surface area contributed by atoms with Crippen LogP contribution >= 0.6 is 27.3 Å². The molecule has 0 saturated heterocycles. The quantitative estimate of drug-likeness (QED) is 0.298. The molecule has 1 unspecified atom stereocenters. The van der Waals surface area contributed by atoms with E-state index in [1.54, 1.807) is 0 Å². The number of amides is 1. The summed E-state index contributed by atoms with van der Waals surface area (Å²) >= 11 is 4.97. The Bertz CT molecular complexity index is 1370. The van der Waals surface area contributed by atoms with Crippen LogP contribution in [0.25, 0.3) is 21.3 Å². The van der Waals surface area contributed by atoms with Crippen molar-refractivity contribution in [3.8, 4) is 11.1 Å². The first-order chi connectivity index (χ1) is 15.8. The molecule has 2 heterocycles. The summed E-state index contributed by atoms with van der Waals surface area (Å²) in [7, 11) is 0. The molecule has 0 aliphatic rings. The number of carbonyl (C=O) groups excluding carboxylic acids is 1. The standard InChI is InChI=1S/C26H26BrN3O2S/c1-5-21(24(31)29-20-9-7-6-8-19(20)15(2)3)30-14-28-25-23(26(30)32)22(16(4)33-25)17-10-12-18(27)13-11-17/h6-15,21H,5H2,1-4H3,(H,29,31). The minimum absolute atomic E-state index is 0.193. The van der Waals surface area contributed by atoms with Gasteiger partial charge >= 0.3 is 0 Å². The first-order valence-corrected chi connectivity index (χ1v) is 12.6. The fourth-order valence-corrected chi connectivity index (χ4v) is 5.41. The van der Waals surface area contributed by atoms with Crippen LogP contribution in [0.5, 0.6) is 0 Å². The van der Waals surface area contributed by atoms with Crippen LogP contribution in [0.4, 0.5) is 5.69 Å². The molecule has 2 aromatic heterocycles. The summed E-state index contributed by atoms with van der Waals surface area (Å²) in [4.78, 5) is 33.3. The maximum Gasteiger partial charge on any atom is 0.263 e. The van der Waals surface area contributed by atoms with Gasteiger partial charge in [0, 0.05) is 20.6 Å². The molecule has 0 aliphatic heterocycles. The highest BCUT2D eigenvalue weighted by Gasteiger charge is 2.24. The number of rotatable bonds is 6. The summed E-state index contributed by atoms with van der Waals surface area (Å²) in [6.45, 7) is 8.09. The number of para-hydroxylation sites is 1. The van der Waals surface area contributed by atoms with Crippen LogP contribution in [-0.4, -0.2) is 15.5 Å². The van der Waals surface area contributed by atoms with E-state index in [1.165, 1.54) is 22.2 Å². The van der Waals surface area contributed by atoms with Gasteiger partial charge in [-0.3, -0.25) is 14.2 Å². The van der Waals surface area contributed by atoms with Crippen molar-refractivity contribution in [2.24, 2.45) is 0 Å². The van der Waals surface area contributed by atoms with Crippen LogP contribution in [0.3, 0.4) is 0 Å². The van der Waals surface area contributed by atoms with Crippen LogP contribution in [0.1, 0.15) is 49.6 Å². The molecule has 0 fully saturated rings. The van der Waals surface area contributed by atoms with E-state index in [-0.39, 0.29) is 17.4 Å². The van der Waals surface area contributed by atoms with E-state index >= 15 is 0 Å². The minimum Gasteiger partial charge on any atom is -0.324 e. The Morgan fingerprint density at radius 3 is 2.52 bits per heavy atom. The fourth-order valence-electron chi connectivity index (χ4n) is 4.14. The third-order valence-corrected chi connectivity index (χ3v) is 7.35. The molecule has 7 heteroatoms. The maximum absolute atomic E-state index is 13.7. The number of benzene rings is 2. The molecule has 2 aromatic carbocycles. The molecule has 0 saturated carbocycles. The minimum atomic E-state index is -0.660. The SMILES string of the molecule is CCC(C(=O)Nc1ccccc1C(C)C)n1cnc2sc(C)c(-c3ccc(Br)cc3)c2c1=O. The lowest BCUT2D eigenvalue weighted by Gasteiger charge is -2.20. The highest BCUT2D eigenvalue weighted by atomic mass is 79.9. The lowest BCUT2D eigenvalue weighted by molar-refractivity contribution is -0.119. The van der Waals surface area contributed by atoms with Gasteiger partial charge in [-0.15, -0.1) is 11.3 Å². The van der Waals surface area contributed by atoms with Crippen molar-refractivity contribution in [2.45, 2.75) is 46.1 Å². The predicted octanol–water partition coefficient (Wildman–Crippen LogP) is 6.91. The van der Waals surface area contributed by atoms with Crippen LogP contribution in [-0.2, 0) is 4.79 Å². The van der Waals surface area contributed by atoms with Crippen molar-refractivity contribution in [3.63, 3.8) is 0 Å². The average molecular weight is 524 g/mol. The zero-order valence-corrected chi connectivity index (χ0v) is 21.5. The van der Waals surface area contributed by atoms with Gasteiger partial charge in [0.15, 0.2) is 0 Å². The third kappa shape index (κ3) is 4.52. The summed E-state index contributed by atoms with van der Waals surface area (Å²) in [5.74, 6) is 0.0514. The average Bonchev–Trinajstić information content (AvgIpc) is 3.13. The van der Waals surface area contributed by atoms with Gasteiger partial charge in [-0.05, 0) is 48.6 Å². The molecule has 0 aliphatic carbocycles. The zero-order valence-electron chi connectivity index (χ0n) is 19.1. The second-order valence-electron chi connectivity index (χ2n) is 8.33. The number of aromatic nitrogens is 2. The largest absolute Gasteiger partial charge is 0.324 e. The molecular weight excluding hydrogens is 498 g/mol. The van der Waals surface area contributed by atoms with E-state index in [9.17, 15) is 9.59 Å². The lowest BCUT2D eigenvalue weighted by atomic mass is 10.0. The van der Waals surface area contributed by atoms with Crippen molar-refractivity contribution in [2.75, 3.05) is 5.32 Å².